The van der Waals surface area contributed by atoms with Crippen molar-refractivity contribution in [1.29, 1.82) is 0 Å². The molecule has 0 spiro atoms. The Morgan fingerprint density at radius 2 is 1.43 bits per heavy atom. The van der Waals surface area contributed by atoms with E-state index in [-0.39, 0.29) is 5.91 Å². The Kier molecular flexibility index (Phi) is 3.99. The summed E-state index contributed by atoms with van der Waals surface area (Å²) in [5.41, 5.74) is 2.42. The Morgan fingerprint density at radius 1 is 1.00 bits per heavy atom. The number of benzene rings is 2. The Hall–Kier alpha value is -2.13. The van der Waals surface area contributed by atoms with E-state index in [0.717, 1.165) is 22.3 Å². The minimum absolute atomic E-state index is 0.0102. The van der Waals surface area contributed by atoms with Gasteiger partial charge in [0.15, 0.2) is 0 Å². The molecule has 2 aromatic rings. The van der Waals surface area contributed by atoms with Crippen LogP contribution in [0.1, 0.15) is 31.9 Å². The average Bonchev–Trinajstić information content (AvgIpc) is 2.86. The summed E-state index contributed by atoms with van der Waals surface area (Å²) in [6.07, 6.45) is 0. The van der Waals surface area contributed by atoms with Crippen LogP contribution in [0.2, 0.25) is 0 Å². The van der Waals surface area contributed by atoms with Crippen molar-refractivity contribution in [2.45, 2.75) is 26.4 Å². The SMILES string of the molecule is CCN(CC)C(=O)C(C)C1(O)c2ccccc2-c2ccccc21. The maximum absolute atomic E-state index is 12.9. The average molecular weight is 309 g/mol. The largest absolute Gasteiger partial charge is 0.380 e. The summed E-state index contributed by atoms with van der Waals surface area (Å²) in [5, 5.41) is 11.6. The minimum atomic E-state index is -1.27. The Bertz CT molecular complexity index is 688. The molecule has 23 heavy (non-hydrogen) atoms. The number of hydrogen-bond acceptors (Lipinski definition) is 2. The molecular formula is C20H23NO2. The first-order chi connectivity index (χ1) is 11.1. The maximum atomic E-state index is 12.9. The zero-order chi connectivity index (χ0) is 16.6. The molecular weight excluding hydrogens is 286 g/mol. The second kappa shape index (κ2) is 5.82. The van der Waals surface area contributed by atoms with Crippen LogP contribution < -0.4 is 0 Å². The van der Waals surface area contributed by atoms with E-state index >= 15 is 0 Å². The van der Waals surface area contributed by atoms with E-state index in [0.29, 0.717) is 13.1 Å². The van der Waals surface area contributed by atoms with Gasteiger partial charge >= 0.3 is 0 Å². The van der Waals surface area contributed by atoms with Crippen LogP contribution in [0.3, 0.4) is 0 Å². The van der Waals surface area contributed by atoms with Crippen molar-refractivity contribution in [2.24, 2.45) is 5.92 Å². The van der Waals surface area contributed by atoms with Gasteiger partial charge in [-0.15, -0.1) is 0 Å². The second-order valence-corrected chi connectivity index (χ2v) is 6.09. The molecule has 0 heterocycles. The van der Waals surface area contributed by atoms with Gasteiger partial charge in [-0.25, -0.2) is 0 Å². The summed E-state index contributed by atoms with van der Waals surface area (Å²) in [6.45, 7) is 7.07. The van der Waals surface area contributed by atoms with Crippen LogP contribution in [0.15, 0.2) is 48.5 Å². The Balaban J connectivity index is 2.15. The lowest BCUT2D eigenvalue weighted by molar-refractivity contribution is -0.142. The van der Waals surface area contributed by atoms with Gasteiger partial charge in [0, 0.05) is 13.1 Å². The molecule has 3 rings (SSSR count). The molecule has 120 valence electrons. The molecule has 0 aliphatic heterocycles. The highest BCUT2D eigenvalue weighted by atomic mass is 16.3. The molecule has 0 bridgehead atoms. The lowest BCUT2D eigenvalue weighted by Gasteiger charge is -2.34. The molecule has 1 amide bonds. The molecule has 1 aliphatic rings. The third-order valence-electron chi connectivity index (χ3n) is 5.04. The van der Waals surface area contributed by atoms with Gasteiger partial charge < -0.3 is 10.0 Å². The highest BCUT2D eigenvalue weighted by Gasteiger charge is 2.48. The molecule has 3 heteroatoms. The standard InChI is InChI=1S/C20H23NO2/c1-4-21(5-2)19(22)14(3)20(23)17-12-8-6-10-15(17)16-11-7-9-13-18(16)20/h6-14,23H,4-5H2,1-3H3. The molecule has 0 saturated heterocycles. The summed E-state index contributed by atoms with van der Waals surface area (Å²) in [7, 11) is 0. The monoisotopic (exact) mass is 309 g/mol. The molecule has 1 N–H and O–H groups in total. The smallest absolute Gasteiger partial charge is 0.229 e. The summed E-state index contributed by atoms with van der Waals surface area (Å²) in [5.74, 6) is -0.545. The fraction of sp³-hybridized carbons (Fsp3) is 0.350. The van der Waals surface area contributed by atoms with E-state index in [1.54, 1.807) is 4.90 Å². The normalized spacial score (nSPS) is 15.7. The van der Waals surface area contributed by atoms with E-state index in [1.165, 1.54) is 0 Å². The van der Waals surface area contributed by atoms with Crippen LogP contribution in [0.4, 0.5) is 0 Å². The lowest BCUT2D eigenvalue weighted by atomic mass is 9.79. The molecule has 1 aliphatic carbocycles. The van der Waals surface area contributed by atoms with Crippen LogP contribution in [-0.2, 0) is 10.4 Å². The van der Waals surface area contributed by atoms with Crippen molar-refractivity contribution in [3.63, 3.8) is 0 Å². The molecule has 0 aromatic heterocycles. The van der Waals surface area contributed by atoms with Gasteiger partial charge in [-0.3, -0.25) is 4.79 Å². The number of hydrogen-bond donors (Lipinski definition) is 1. The molecule has 1 atom stereocenters. The van der Waals surface area contributed by atoms with Crippen molar-refractivity contribution in [3.05, 3.63) is 59.7 Å². The fourth-order valence-electron chi connectivity index (χ4n) is 3.70. The Morgan fingerprint density at radius 3 is 1.87 bits per heavy atom. The highest BCUT2D eigenvalue weighted by molar-refractivity contribution is 5.87. The quantitative estimate of drug-likeness (QED) is 0.940. The number of aliphatic hydroxyl groups is 1. The first-order valence-corrected chi connectivity index (χ1v) is 8.26. The van der Waals surface area contributed by atoms with Crippen molar-refractivity contribution >= 4 is 5.91 Å². The fourth-order valence-corrected chi connectivity index (χ4v) is 3.70. The Labute approximate surface area is 137 Å². The molecule has 1 unspecified atom stereocenters. The van der Waals surface area contributed by atoms with Gasteiger partial charge in [-0.05, 0) is 36.1 Å². The summed E-state index contributed by atoms with van der Waals surface area (Å²) < 4.78 is 0. The van der Waals surface area contributed by atoms with Gasteiger partial charge in [0.05, 0.1) is 5.92 Å². The van der Waals surface area contributed by atoms with Gasteiger partial charge in [0.1, 0.15) is 5.60 Å². The number of carbonyl (C=O) groups is 1. The van der Waals surface area contributed by atoms with Crippen molar-refractivity contribution in [2.75, 3.05) is 13.1 Å². The van der Waals surface area contributed by atoms with Crippen molar-refractivity contribution < 1.29 is 9.90 Å². The first-order valence-electron chi connectivity index (χ1n) is 8.26. The number of amides is 1. The minimum Gasteiger partial charge on any atom is -0.380 e. The maximum Gasteiger partial charge on any atom is 0.229 e. The molecule has 0 radical (unpaired) electrons. The van der Waals surface area contributed by atoms with Gasteiger partial charge in [-0.1, -0.05) is 55.5 Å². The van der Waals surface area contributed by atoms with Crippen LogP contribution in [0.25, 0.3) is 11.1 Å². The number of nitrogens with zero attached hydrogens (tertiary/aromatic N) is 1. The van der Waals surface area contributed by atoms with Gasteiger partial charge in [0.2, 0.25) is 5.91 Å². The molecule has 2 aromatic carbocycles. The van der Waals surface area contributed by atoms with Crippen LogP contribution in [0.5, 0.6) is 0 Å². The number of fused-ring (bicyclic) bond motifs is 3. The third kappa shape index (κ3) is 2.19. The first kappa shape index (κ1) is 15.8. The van der Waals surface area contributed by atoms with Crippen LogP contribution in [0, 0.1) is 5.92 Å². The van der Waals surface area contributed by atoms with Gasteiger partial charge in [-0.2, -0.15) is 0 Å². The number of carbonyl (C=O) groups excluding carboxylic acids is 1. The molecule has 0 saturated carbocycles. The van der Waals surface area contributed by atoms with E-state index in [2.05, 4.69) is 0 Å². The predicted octanol–water partition coefficient (Wildman–Crippen LogP) is 3.41. The van der Waals surface area contributed by atoms with Crippen LogP contribution >= 0.6 is 0 Å². The van der Waals surface area contributed by atoms with Gasteiger partial charge in [0.25, 0.3) is 0 Å². The summed E-state index contributed by atoms with van der Waals surface area (Å²) in [4.78, 5) is 14.7. The predicted molar refractivity (Wildman–Crippen MR) is 92.0 cm³/mol. The highest BCUT2D eigenvalue weighted by Crippen LogP contribution is 2.51. The third-order valence-corrected chi connectivity index (χ3v) is 5.04. The topological polar surface area (TPSA) is 40.5 Å². The zero-order valence-electron chi connectivity index (χ0n) is 13.9. The zero-order valence-corrected chi connectivity index (χ0v) is 13.9. The summed E-state index contributed by atoms with van der Waals surface area (Å²) in [6, 6.07) is 15.7. The van der Waals surface area contributed by atoms with Crippen LogP contribution in [-0.4, -0.2) is 29.0 Å². The van der Waals surface area contributed by atoms with E-state index < -0.39 is 11.5 Å². The van der Waals surface area contributed by atoms with Crippen molar-refractivity contribution in [3.8, 4) is 11.1 Å². The van der Waals surface area contributed by atoms with Crippen molar-refractivity contribution in [1.82, 2.24) is 4.90 Å². The second-order valence-electron chi connectivity index (χ2n) is 6.09. The molecule has 0 fully saturated rings. The molecule has 3 nitrogen and oxygen atoms in total. The lowest BCUT2D eigenvalue weighted by Crippen LogP contribution is -2.45. The van der Waals surface area contributed by atoms with E-state index in [4.69, 9.17) is 0 Å². The summed E-state index contributed by atoms with van der Waals surface area (Å²) >= 11 is 0. The van der Waals surface area contributed by atoms with E-state index in [9.17, 15) is 9.90 Å². The van der Waals surface area contributed by atoms with E-state index in [1.807, 2.05) is 69.3 Å². The number of rotatable bonds is 4.